The van der Waals surface area contributed by atoms with E-state index in [0.29, 0.717) is 0 Å². The molecular formula is C20H27IN6O. The first-order valence-electron chi connectivity index (χ1n) is 9.05. The number of halogens is 1. The first kappa shape index (κ1) is 21.9. The Bertz CT molecular complexity index is 910. The number of ether oxygens (including phenoxy) is 1. The van der Waals surface area contributed by atoms with Crippen molar-refractivity contribution >= 4 is 35.6 Å². The Balaban J connectivity index is 0.00000280. The summed E-state index contributed by atoms with van der Waals surface area (Å²) in [6, 6.07) is 14.0. The molecule has 0 saturated heterocycles. The quantitative estimate of drug-likeness (QED) is 0.237. The summed E-state index contributed by atoms with van der Waals surface area (Å²) in [6.07, 6.45) is 3.79. The van der Waals surface area contributed by atoms with E-state index < -0.39 is 0 Å². The molecule has 0 fully saturated rings. The minimum absolute atomic E-state index is 0. The van der Waals surface area contributed by atoms with Crippen molar-refractivity contribution in [2.24, 2.45) is 4.99 Å². The largest absolute Gasteiger partial charge is 0.496 e. The molecule has 0 aliphatic carbocycles. The molecule has 0 unspecified atom stereocenters. The number of guanidine groups is 1. The molecule has 28 heavy (non-hydrogen) atoms. The van der Waals surface area contributed by atoms with E-state index in [1.165, 1.54) is 0 Å². The summed E-state index contributed by atoms with van der Waals surface area (Å²) >= 11 is 0. The zero-order chi connectivity index (χ0) is 19.1. The molecule has 0 aliphatic heterocycles. The summed E-state index contributed by atoms with van der Waals surface area (Å²) < 4.78 is 7.46. The van der Waals surface area contributed by atoms with Gasteiger partial charge in [0, 0.05) is 45.4 Å². The van der Waals surface area contributed by atoms with E-state index in [1.807, 2.05) is 54.0 Å². The number of aliphatic imine (C=N–C) groups is 1. The third-order valence-electron chi connectivity index (χ3n) is 4.42. The van der Waals surface area contributed by atoms with Crippen molar-refractivity contribution in [1.82, 2.24) is 24.8 Å². The maximum Gasteiger partial charge on any atom is 0.193 e. The number of benzene rings is 1. The topological polar surface area (TPSA) is 67.0 Å². The van der Waals surface area contributed by atoms with Crippen LogP contribution in [0.4, 0.5) is 0 Å². The number of methoxy groups -OCH3 is 1. The molecule has 2 aromatic heterocycles. The van der Waals surface area contributed by atoms with Gasteiger partial charge in [0.1, 0.15) is 11.6 Å². The average molecular weight is 494 g/mol. The molecule has 1 aromatic carbocycles. The lowest BCUT2D eigenvalue weighted by Gasteiger charge is -2.23. The van der Waals surface area contributed by atoms with Crippen molar-refractivity contribution in [2.75, 3.05) is 27.7 Å². The van der Waals surface area contributed by atoms with Crippen molar-refractivity contribution in [2.45, 2.75) is 19.4 Å². The maximum absolute atomic E-state index is 5.43. The number of hydrogen-bond acceptors (Lipinski definition) is 4. The number of aromatic nitrogens is 3. The molecule has 0 aliphatic rings. The SMILES string of the molecule is CN=C(NCCCc1nnc2ccccn12)N(C)Cc1ccccc1OC.I. The fraction of sp³-hybridized carbons (Fsp3) is 0.350. The summed E-state index contributed by atoms with van der Waals surface area (Å²) in [4.78, 5) is 6.47. The predicted molar refractivity (Wildman–Crippen MR) is 123 cm³/mol. The van der Waals surface area contributed by atoms with E-state index in [4.69, 9.17) is 4.74 Å². The third kappa shape index (κ3) is 5.34. The average Bonchev–Trinajstić information content (AvgIpc) is 3.11. The highest BCUT2D eigenvalue weighted by molar-refractivity contribution is 14.0. The van der Waals surface area contributed by atoms with Gasteiger partial charge in [-0.2, -0.15) is 0 Å². The molecule has 0 radical (unpaired) electrons. The fourth-order valence-corrected chi connectivity index (χ4v) is 3.06. The number of nitrogens with zero attached hydrogens (tertiary/aromatic N) is 5. The van der Waals surface area contributed by atoms with Gasteiger partial charge >= 0.3 is 0 Å². The lowest BCUT2D eigenvalue weighted by Crippen LogP contribution is -2.39. The van der Waals surface area contributed by atoms with E-state index in [9.17, 15) is 0 Å². The first-order valence-corrected chi connectivity index (χ1v) is 9.05. The smallest absolute Gasteiger partial charge is 0.193 e. The van der Waals surface area contributed by atoms with E-state index >= 15 is 0 Å². The molecule has 3 aromatic rings. The predicted octanol–water partition coefficient (Wildman–Crippen LogP) is 3.00. The van der Waals surface area contributed by atoms with Gasteiger partial charge in [-0.3, -0.25) is 9.39 Å². The minimum atomic E-state index is 0. The van der Waals surface area contributed by atoms with E-state index in [1.54, 1.807) is 14.2 Å². The molecule has 150 valence electrons. The summed E-state index contributed by atoms with van der Waals surface area (Å²) in [7, 11) is 5.51. The molecule has 3 rings (SSSR count). The van der Waals surface area contributed by atoms with E-state index in [0.717, 1.165) is 54.7 Å². The van der Waals surface area contributed by atoms with Crippen LogP contribution in [0.15, 0.2) is 53.7 Å². The van der Waals surface area contributed by atoms with Crippen LogP contribution >= 0.6 is 24.0 Å². The summed E-state index contributed by atoms with van der Waals surface area (Å²) in [5.41, 5.74) is 2.01. The Labute approximate surface area is 182 Å². The number of nitrogens with one attached hydrogen (secondary N) is 1. The van der Waals surface area contributed by atoms with E-state index in [2.05, 4.69) is 31.5 Å². The number of pyridine rings is 1. The molecular weight excluding hydrogens is 467 g/mol. The van der Waals surface area contributed by atoms with Crippen LogP contribution in [-0.2, 0) is 13.0 Å². The summed E-state index contributed by atoms with van der Waals surface area (Å²) in [5.74, 6) is 2.72. The van der Waals surface area contributed by atoms with Crippen molar-refractivity contribution in [3.05, 3.63) is 60.0 Å². The monoisotopic (exact) mass is 494 g/mol. The standard InChI is InChI=1S/C20H26N6O.HI/c1-21-20(25(2)15-16-9-4-5-10-17(16)27-3)22-13-8-12-19-24-23-18-11-6-7-14-26(18)19;/h4-7,9-11,14H,8,12-13,15H2,1-3H3,(H,21,22);1H. The molecule has 7 nitrogen and oxygen atoms in total. The van der Waals surface area contributed by atoms with Crippen LogP contribution in [0.1, 0.15) is 17.8 Å². The number of fused-ring (bicyclic) bond motifs is 1. The van der Waals surface area contributed by atoms with Gasteiger partial charge in [0.15, 0.2) is 11.6 Å². The highest BCUT2D eigenvalue weighted by Crippen LogP contribution is 2.18. The Morgan fingerprint density at radius 3 is 2.75 bits per heavy atom. The zero-order valence-corrected chi connectivity index (χ0v) is 18.8. The number of para-hydroxylation sites is 1. The van der Waals surface area contributed by atoms with Gasteiger partial charge < -0.3 is 15.0 Å². The van der Waals surface area contributed by atoms with Crippen LogP contribution < -0.4 is 10.1 Å². The highest BCUT2D eigenvalue weighted by Gasteiger charge is 2.10. The van der Waals surface area contributed by atoms with Crippen molar-refractivity contribution in [1.29, 1.82) is 0 Å². The van der Waals surface area contributed by atoms with Gasteiger partial charge in [-0.25, -0.2) is 0 Å². The van der Waals surface area contributed by atoms with Crippen LogP contribution in [0.5, 0.6) is 5.75 Å². The van der Waals surface area contributed by atoms with Crippen molar-refractivity contribution in [3.8, 4) is 5.75 Å². The second-order valence-corrected chi connectivity index (χ2v) is 6.29. The van der Waals surface area contributed by atoms with Crippen molar-refractivity contribution < 1.29 is 4.74 Å². The van der Waals surface area contributed by atoms with Crippen LogP contribution in [0, 0.1) is 0 Å². The Morgan fingerprint density at radius 2 is 1.96 bits per heavy atom. The van der Waals surface area contributed by atoms with Crippen LogP contribution in [0.2, 0.25) is 0 Å². The molecule has 0 atom stereocenters. The fourth-order valence-electron chi connectivity index (χ4n) is 3.06. The lowest BCUT2D eigenvalue weighted by molar-refractivity contribution is 0.396. The molecule has 2 heterocycles. The van der Waals surface area contributed by atoms with Gasteiger partial charge in [-0.15, -0.1) is 34.2 Å². The first-order chi connectivity index (χ1) is 13.2. The lowest BCUT2D eigenvalue weighted by atomic mass is 10.2. The number of aryl methyl sites for hydroxylation is 1. The van der Waals surface area contributed by atoms with Gasteiger partial charge in [-0.05, 0) is 24.6 Å². The zero-order valence-electron chi connectivity index (χ0n) is 16.5. The molecule has 0 amide bonds. The molecule has 0 bridgehead atoms. The Morgan fingerprint density at radius 1 is 1.18 bits per heavy atom. The highest BCUT2D eigenvalue weighted by atomic mass is 127. The Hall–Kier alpha value is -2.36. The molecule has 8 heteroatoms. The van der Waals surface area contributed by atoms with Gasteiger partial charge in [0.2, 0.25) is 0 Å². The Kier molecular flexibility index (Phi) is 8.49. The minimum Gasteiger partial charge on any atom is -0.496 e. The number of hydrogen-bond donors (Lipinski definition) is 1. The normalized spacial score (nSPS) is 11.2. The van der Waals surface area contributed by atoms with Crippen LogP contribution in [-0.4, -0.2) is 53.2 Å². The van der Waals surface area contributed by atoms with Crippen LogP contribution in [0.25, 0.3) is 5.65 Å². The summed E-state index contributed by atoms with van der Waals surface area (Å²) in [6.45, 7) is 1.53. The number of rotatable bonds is 7. The second-order valence-electron chi connectivity index (χ2n) is 6.29. The van der Waals surface area contributed by atoms with Crippen molar-refractivity contribution in [3.63, 3.8) is 0 Å². The maximum atomic E-state index is 5.43. The van der Waals surface area contributed by atoms with E-state index in [-0.39, 0.29) is 24.0 Å². The molecule has 0 spiro atoms. The summed E-state index contributed by atoms with van der Waals surface area (Å²) in [5, 5.41) is 11.9. The molecule has 0 saturated carbocycles. The molecule has 1 N–H and O–H groups in total. The van der Waals surface area contributed by atoms with Crippen LogP contribution in [0.3, 0.4) is 0 Å². The van der Waals surface area contributed by atoms with Gasteiger partial charge in [-0.1, -0.05) is 24.3 Å². The van der Waals surface area contributed by atoms with Gasteiger partial charge in [0.25, 0.3) is 0 Å². The van der Waals surface area contributed by atoms with Gasteiger partial charge in [0.05, 0.1) is 7.11 Å². The second kappa shape index (κ2) is 10.8. The third-order valence-corrected chi connectivity index (χ3v) is 4.42.